The van der Waals surface area contributed by atoms with E-state index in [4.69, 9.17) is 0 Å². The topological polar surface area (TPSA) is 24.4 Å². The van der Waals surface area contributed by atoms with Crippen molar-refractivity contribution in [2.45, 2.75) is 25.0 Å². The van der Waals surface area contributed by atoms with Gasteiger partial charge in [0, 0.05) is 12.3 Å². The standard InChI is InChI=1S/C9H12N2/c1-7-6-10-8-4-2-3-5-9(8)11-7/h2-9,11H,1H3. The highest BCUT2D eigenvalue weighted by molar-refractivity contribution is 5.66. The van der Waals surface area contributed by atoms with Crippen LogP contribution in [0, 0.1) is 0 Å². The van der Waals surface area contributed by atoms with Crippen molar-refractivity contribution in [3.05, 3.63) is 24.3 Å². The molecule has 0 aromatic heterocycles. The fourth-order valence-electron chi connectivity index (χ4n) is 1.47. The van der Waals surface area contributed by atoms with Crippen LogP contribution in [0.15, 0.2) is 29.3 Å². The van der Waals surface area contributed by atoms with Crippen LogP contribution in [0.2, 0.25) is 0 Å². The van der Waals surface area contributed by atoms with E-state index in [9.17, 15) is 0 Å². The van der Waals surface area contributed by atoms with Crippen molar-refractivity contribution in [3.8, 4) is 0 Å². The Labute approximate surface area is 66.7 Å². The normalized spacial score (nSPS) is 40.6. The Bertz CT molecular complexity index is 228. The number of rotatable bonds is 0. The Morgan fingerprint density at radius 2 is 2.09 bits per heavy atom. The van der Waals surface area contributed by atoms with Gasteiger partial charge in [-0.25, -0.2) is 0 Å². The van der Waals surface area contributed by atoms with Crippen molar-refractivity contribution >= 4 is 6.21 Å². The molecular formula is C9H12N2. The third-order valence-corrected chi connectivity index (χ3v) is 2.04. The van der Waals surface area contributed by atoms with Gasteiger partial charge in [-0.15, -0.1) is 0 Å². The molecule has 1 aliphatic heterocycles. The van der Waals surface area contributed by atoms with Gasteiger partial charge in [0.05, 0.1) is 12.1 Å². The molecule has 11 heavy (non-hydrogen) atoms. The van der Waals surface area contributed by atoms with E-state index in [1.54, 1.807) is 0 Å². The van der Waals surface area contributed by atoms with Gasteiger partial charge in [0.25, 0.3) is 0 Å². The molecular weight excluding hydrogens is 136 g/mol. The Morgan fingerprint density at radius 1 is 1.27 bits per heavy atom. The van der Waals surface area contributed by atoms with Gasteiger partial charge in [0.1, 0.15) is 0 Å². The lowest BCUT2D eigenvalue weighted by Gasteiger charge is -2.28. The van der Waals surface area contributed by atoms with Crippen LogP contribution in [0.25, 0.3) is 0 Å². The molecule has 1 heterocycles. The van der Waals surface area contributed by atoms with Gasteiger partial charge in [-0.3, -0.25) is 4.99 Å². The van der Waals surface area contributed by atoms with Crippen LogP contribution in [0.5, 0.6) is 0 Å². The van der Waals surface area contributed by atoms with E-state index < -0.39 is 0 Å². The summed E-state index contributed by atoms with van der Waals surface area (Å²) in [7, 11) is 0. The Balaban J connectivity index is 2.20. The third kappa shape index (κ3) is 1.26. The van der Waals surface area contributed by atoms with E-state index in [1.807, 2.05) is 6.21 Å². The second-order valence-corrected chi connectivity index (χ2v) is 3.04. The first-order valence-corrected chi connectivity index (χ1v) is 4.00. The molecule has 0 spiro atoms. The molecule has 3 unspecified atom stereocenters. The van der Waals surface area contributed by atoms with E-state index >= 15 is 0 Å². The summed E-state index contributed by atoms with van der Waals surface area (Å²) in [4.78, 5) is 4.41. The van der Waals surface area contributed by atoms with Crippen molar-refractivity contribution < 1.29 is 0 Å². The van der Waals surface area contributed by atoms with Gasteiger partial charge in [-0.2, -0.15) is 0 Å². The maximum atomic E-state index is 4.41. The number of fused-ring (bicyclic) bond motifs is 1. The van der Waals surface area contributed by atoms with Crippen molar-refractivity contribution in [2.75, 3.05) is 0 Å². The first-order chi connectivity index (χ1) is 5.36. The zero-order valence-electron chi connectivity index (χ0n) is 6.57. The number of allylic oxidation sites excluding steroid dienone is 2. The molecule has 0 aromatic rings. The molecule has 0 saturated carbocycles. The maximum absolute atomic E-state index is 4.41. The summed E-state index contributed by atoms with van der Waals surface area (Å²) in [6, 6.07) is 1.16. The molecule has 0 aromatic carbocycles. The molecule has 1 aliphatic carbocycles. The smallest absolute Gasteiger partial charge is 0.0868 e. The molecule has 2 rings (SSSR count). The Kier molecular flexibility index (Phi) is 1.62. The lowest BCUT2D eigenvalue weighted by molar-refractivity contribution is 0.506. The molecule has 0 radical (unpaired) electrons. The van der Waals surface area contributed by atoms with Gasteiger partial charge in [-0.1, -0.05) is 24.3 Å². The lowest BCUT2D eigenvalue weighted by Crippen LogP contribution is -2.46. The van der Waals surface area contributed by atoms with Gasteiger partial charge in [0.15, 0.2) is 0 Å². The minimum atomic E-state index is 0.330. The molecule has 2 aliphatic rings. The summed E-state index contributed by atoms with van der Waals surface area (Å²) in [5.74, 6) is 0. The highest BCUT2D eigenvalue weighted by Crippen LogP contribution is 2.11. The second-order valence-electron chi connectivity index (χ2n) is 3.04. The van der Waals surface area contributed by atoms with Crippen molar-refractivity contribution in [1.29, 1.82) is 0 Å². The molecule has 0 saturated heterocycles. The second kappa shape index (κ2) is 2.62. The van der Waals surface area contributed by atoms with Crippen LogP contribution in [0.4, 0.5) is 0 Å². The molecule has 1 N–H and O–H groups in total. The number of hydrogen-bond acceptors (Lipinski definition) is 2. The molecule has 2 nitrogen and oxygen atoms in total. The predicted molar refractivity (Wildman–Crippen MR) is 46.9 cm³/mol. The molecule has 3 atom stereocenters. The average Bonchev–Trinajstić information content (AvgIpc) is 2.04. The van der Waals surface area contributed by atoms with Crippen LogP contribution in [0.3, 0.4) is 0 Å². The Morgan fingerprint density at radius 3 is 3.00 bits per heavy atom. The van der Waals surface area contributed by atoms with Crippen LogP contribution in [0.1, 0.15) is 6.92 Å². The zero-order valence-corrected chi connectivity index (χ0v) is 6.57. The average molecular weight is 148 g/mol. The number of hydrogen-bond donors (Lipinski definition) is 1. The summed E-state index contributed by atoms with van der Waals surface area (Å²) in [5, 5.41) is 3.43. The van der Waals surface area contributed by atoms with Crippen molar-refractivity contribution in [2.24, 2.45) is 4.99 Å². The molecule has 58 valence electrons. The SMILES string of the molecule is CC1C=NC2C=CC=CC2N1. The van der Waals surface area contributed by atoms with E-state index in [0.717, 1.165) is 0 Å². The summed E-state index contributed by atoms with van der Waals surface area (Å²) in [6.45, 7) is 2.12. The summed E-state index contributed by atoms with van der Waals surface area (Å²) >= 11 is 0. The predicted octanol–water partition coefficient (Wildman–Crippen LogP) is 0.912. The van der Waals surface area contributed by atoms with E-state index in [1.165, 1.54) is 0 Å². The minimum Gasteiger partial charge on any atom is -0.301 e. The fourth-order valence-corrected chi connectivity index (χ4v) is 1.47. The minimum absolute atomic E-state index is 0.330. The zero-order chi connectivity index (χ0) is 7.68. The van der Waals surface area contributed by atoms with E-state index in [0.29, 0.717) is 18.1 Å². The van der Waals surface area contributed by atoms with Crippen LogP contribution in [-0.4, -0.2) is 24.3 Å². The maximum Gasteiger partial charge on any atom is 0.0868 e. The molecule has 0 amide bonds. The molecule has 2 heteroatoms. The highest BCUT2D eigenvalue weighted by Gasteiger charge is 2.21. The molecule has 0 bridgehead atoms. The third-order valence-electron chi connectivity index (χ3n) is 2.04. The lowest BCUT2D eigenvalue weighted by atomic mass is 10.0. The largest absolute Gasteiger partial charge is 0.301 e. The highest BCUT2D eigenvalue weighted by atomic mass is 15.0. The van der Waals surface area contributed by atoms with Gasteiger partial charge < -0.3 is 5.32 Å². The van der Waals surface area contributed by atoms with Gasteiger partial charge >= 0.3 is 0 Å². The summed E-state index contributed by atoms with van der Waals surface area (Å²) < 4.78 is 0. The first kappa shape index (κ1) is 6.80. The summed E-state index contributed by atoms with van der Waals surface area (Å²) in [5.41, 5.74) is 0. The van der Waals surface area contributed by atoms with Crippen LogP contribution in [-0.2, 0) is 0 Å². The van der Waals surface area contributed by atoms with Crippen LogP contribution < -0.4 is 5.32 Å². The fraction of sp³-hybridized carbons (Fsp3) is 0.444. The number of aliphatic imine (C=N–C) groups is 1. The first-order valence-electron chi connectivity index (χ1n) is 4.00. The quantitative estimate of drug-likeness (QED) is 0.542. The van der Waals surface area contributed by atoms with E-state index in [-0.39, 0.29) is 0 Å². The van der Waals surface area contributed by atoms with E-state index in [2.05, 4.69) is 41.5 Å². The van der Waals surface area contributed by atoms with Crippen LogP contribution >= 0.6 is 0 Å². The Hall–Kier alpha value is -0.890. The van der Waals surface area contributed by atoms with Crippen molar-refractivity contribution in [3.63, 3.8) is 0 Å². The monoisotopic (exact) mass is 148 g/mol. The van der Waals surface area contributed by atoms with Gasteiger partial charge in [0.2, 0.25) is 0 Å². The number of nitrogens with zero attached hydrogens (tertiary/aromatic N) is 1. The molecule has 0 fully saturated rings. The van der Waals surface area contributed by atoms with Gasteiger partial charge in [-0.05, 0) is 6.92 Å². The number of nitrogens with one attached hydrogen (secondary N) is 1. The summed E-state index contributed by atoms with van der Waals surface area (Å²) in [6.07, 6.45) is 10.4. The van der Waals surface area contributed by atoms with Crippen molar-refractivity contribution in [1.82, 2.24) is 5.32 Å².